The van der Waals surface area contributed by atoms with Gasteiger partial charge in [-0.15, -0.1) is 0 Å². The van der Waals surface area contributed by atoms with E-state index in [-0.39, 0.29) is 0 Å². The van der Waals surface area contributed by atoms with Gasteiger partial charge in [0, 0.05) is 0 Å². The molecule has 1 aromatic rings. The molecule has 0 saturated heterocycles. The molecule has 17 heavy (non-hydrogen) atoms. The lowest BCUT2D eigenvalue weighted by molar-refractivity contribution is 0.362. The van der Waals surface area contributed by atoms with Gasteiger partial charge in [0.1, 0.15) is 5.75 Å². The van der Waals surface area contributed by atoms with E-state index in [1.54, 1.807) is 7.11 Å². The first kappa shape index (κ1) is 12.2. The Bertz CT molecular complexity index is 344. The molecule has 0 radical (unpaired) electrons. The molecule has 0 amide bonds. The lowest BCUT2D eigenvalue weighted by Crippen LogP contribution is -2.04. The smallest absolute Gasteiger partial charge is 0.118 e. The Morgan fingerprint density at radius 3 is 2.47 bits per heavy atom. The molecule has 0 aromatic heterocycles. The van der Waals surface area contributed by atoms with Crippen LogP contribution in [0.4, 0.5) is 0 Å². The Labute approximate surface area is 104 Å². The van der Waals surface area contributed by atoms with E-state index >= 15 is 0 Å². The number of hydrogen-bond acceptors (Lipinski definition) is 1. The summed E-state index contributed by atoms with van der Waals surface area (Å²) in [5.41, 5.74) is 1.27. The molecule has 0 unspecified atom stereocenters. The van der Waals surface area contributed by atoms with Gasteiger partial charge in [0.15, 0.2) is 0 Å². The second-order valence-electron chi connectivity index (χ2n) is 4.92. The number of allylic oxidation sites excluding steroid dienone is 1. The van der Waals surface area contributed by atoms with Gasteiger partial charge in [0.25, 0.3) is 0 Å². The highest BCUT2D eigenvalue weighted by Crippen LogP contribution is 2.26. The molecule has 0 bridgehead atoms. The second-order valence-corrected chi connectivity index (χ2v) is 4.92. The quantitative estimate of drug-likeness (QED) is 0.729. The van der Waals surface area contributed by atoms with Crippen molar-refractivity contribution in [3.8, 4) is 5.75 Å². The minimum absolute atomic E-state index is 0.925. The predicted molar refractivity (Wildman–Crippen MR) is 73.2 cm³/mol. The van der Waals surface area contributed by atoms with Gasteiger partial charge in [0.2, 0.25) is 0 Å². The summed E-state index contributed by atoms with van der Waals surface area (Å²) < 4.78 is 5.14. The van der Waals surface area contributed by atoms with Crippen LogP contribution in [0.25, 0.3) is 6.08 Å². The van der Waals surface area contributed by atoms with Crippen LogP contribution in [0.15, 0.2) is 30.3 Å². The van der Waals surface area contributed by atoms with E-state index in [0.29, 0.717) is 0 Å². The molecule has 1 aliphatic rings. The van der Waals surface area contributed by atoms with Crippen molar-refractivity contribution in [1.82, 2.24) is 0 Å². The molecule has 0 N–H and O–H groups in total. The van der Waals surface area contributed by atoms with Crippen LogP contribution in [-0.2, 0) is 0 Å². The number of hydrogen-bond donors (Lipinski definition) is 0. The normalized spacial score (nSPS) is 17.5. The zero-order valence-corrected chi connectivity index (χ0v) is 10.7. The van der Waals surface area contributed by atoms with Crippen molar-refractivity contribution >= 4 is 6.08 Å². The minimum atomic E-state index is 0.925. The standard InChI is InChI=1S/C16H22O/c1-17-16-12-10-15(11-13-16)9-5-8-14-6-3-2-4-7-14/h5,9-14H,2-4,6-8H2,1H3/b9-5-. The van der Waals surface area contributed by atoms with Crippen molar-refractivity contribution < 1.29 is 4.74 Å². The second kappa shape index (κ2) is 6.48. The van der Waals surface area contributed by atoms with Crippen LogP contribution in [0.2, 0.25) is 0 Å². The van der Waals surface area contributed by atoms with Gasteiger partial charge in [-0.2, -0.15) is 0 Å². The maximum Gasteiger partial charge on any atom is 0.118 e. The van der Waals surface area contributed by atoms with Gasteiger partial charge >= 0.3 is 0 Å². The maximum absolute atomic E-state index is 5.14. The highest BCUT2D eigenvalue weighted by molar-refractivity contribution is 5.50. The maximum atomic E-state index is 5.14. The van der Waals surface area contributed by atoms with Gasteiger partial charge in [-0.1, -0.05) is 56.4 Å². The summed E-state index contributed by atoms with van der Waals surface area (Å²) in [5.74, 6) is 1.85. The molecule has 0 spiro atoms. The van der Waals surface area contributed by atoms with Crippen molar-refractivity contribution in [1.29, 1.82) is 0 Å². The molecular weight excluding hydrogens is 208 g/mol. The van der Waals surface area contributed by atoms with Crippen LogP contribution in [-0.4, -0.2) is 7.11 Å². The van der Waals surface area contributed by atoms with E-state index in [0.717, 1.165) is 11.7 Å². The third-order valence-corrected chi connectivity index (χ3v) is 3.62. The number of ether oxygens (including phenoxy) is 1. The summed E-state index contributed by atoms with van der Waals surface area (Å²) >= 11 is 0. The zero-order valence-electron chi connectivity index (χ0n) is 10.7. The Balaban J connectivity index is 1.82. The Kier molecular flexibility index (Phi) is 4.66. The Hall–Kier alpha value is -1.24. The molecule has 1 heteroatoms. The molecule has 0 atom stereocenters. The zero-order chi connectivity index (χ0) is 11.9. The van der Waals surface area contributed by atoms with Gasteiger partial charge in [-0.25, -0.2) is 0 Å². The van der Waals surface area contributed by atoms with Crippen LogP contribution in [0.1, 0.15) is 44.1 Å². The summed E-state index contributed by atoms with van der Waals surface area (Å²) in [5, 5.41) is 0. The monoisotopic (exact) mass is 230 g/mol. The molecule has 0 heterocycles. The third kappa shape index (κ3) is 3.92. The average molecular weight is 230 g/mol. The molecule has 2 rings (SSSR count). The third-order valence-electron chi connectivity index (χ3n) is 3.62. The number of rotatable bonds is 4. The van der Waals surface area contributed by atoms with Gasteiger partial charge in [-0.3, -0.25) is 0 Å². The first-order valence-corrected chi connectivity index (χ1v) is 6.69. The number of benzene rings is 1. The van der Waals surface area contributed by atoms with Crippen molar-refractivity contribution in [3.05, 3.63) is 35.9 Å². The topological polar surface area (TPSA) is 9.23 Å². The molecule has 92 valence electrons. The highest BCUT2D eigenvalue weighted by atomic mass is 16.5. The fourth-order valence-electron chi connectivity index (χ4n) is 2.53. The van der Waals surface area contributed by atoms with Crippen molar-refractivity contribution in [2.24, 2.45) is 5.92 Å². The Morgan fingerprint density at radius 2 is 1.82 bits per heavy atom. The van der Waals surface area contributed by atoms with Crippen LogP contribution in [0, 0.1) is 5.92 Å². The fraction of sp³-hybridized carbons (Fsp3) is 0.500. The van der Waals surface area contributed by atoms with E-state index in [9.17, 15) is 0 Å². The van der Waals surface area contributed by atoms with Crippen molar-refractivity contribution in [2.45, 2.75) is 38.5 Å². The van der Waals surface area contributed by atoms with E-state index < -0.39 is 0 Å². The van der Waals surface area contributed by atoms with E-state index in [4.69, 9.17) is 4.74 Å². The summed E-state index contributed by atoms with van der Waals surface area (Å²) in [7, 11) is 1.70. The van der Waals surface area contributed by atoms with Crippen LogP contribution in [0.5, 0.6) is 5.75 Å². The predicted octanol–water partition coefficient (Wildman–Crippen LogP) is 4.68. The van der Waals surface area contributed by atoms with E-state index in [1.165, 1.54) is 44.1 Å². The molecule has 1 fully saturated rings. The Morgan fingerprint density at radius 1 is 1.12 bits per heavy atom. The molecule has 1 nitrogen and oxygen atoms in total. The largest absolute Gasteiger partial charge is 0.497 e. The van der Waals surface area contributed by atoms with Crippen LogP contribution < -0.4 is 4.74 Å². The first-order valence-electron chi connectivity index (χ1n) is 6.69. The van der Waals surface area contributed by atoms with Gasteiger partial charge in [-0.05, 0) is 30.0 Å². The molecule has 1 aromatic carbocycles. The molecular formula is C16H22O. The summed E-state index contributed by atoms with van der Waals surface area (Å²) in [4.78, 5) is 0. The van der Waals surface area contributed by atoms with Gasteiger partial charge in [0.05, 0.1) is 7.11 Å². The summed E-state index contributed by atoms with van der Waals surface area (Å²) in [6.07, 6.45) is 13.0. The van der Waals surface area contributed by atoms with E-state index in [1.807, 2.05) is 12.1 Å². The SMILES string of the molecule is COc1ccc(/C=C\CC2CCCCC2)cc1. The van der Waals surface area contributed by atoms with Crippen LogP contribution >= 0.6 is 0 Å². The van der Waals surface area contributed by atoms with Crippen LogP contribution in [0.3, 0.4) is 0 Å². The summed E-state index contributed by atoms with van der Waals surface area (Å²) in [6, 6.07) is 8.24. The molecule has 1 aliphatic carbocycles. The number of methoxy groups -OCH3 is 1. The summed E-state index contributed by atoms with van der Waals surface area (Å²) in [6.45, 7) is 0. The minimum Gasteiger partial charge on any atom is -0.497 e. The van der Waals surface area contributed by atoms with Crippen molar-refractivity contribution in [2.75, 3.05) is 7.11 Å². The van der Waals surface area contributed by atoms with Gasteiger partial charge < -0.3 is 4.74 Å². The molecule has 1 saturated carbocycles. The van der Waals surface area contributed by atoms with Crippen molar-refractivity contribution in [3.63, 3.8) is 0 Å². The highest BCUT2D eigenvalue weighted by Gasteiger charge is 2.10. The molecule has 0 aliphatic heterocycles. The van der Waals surface area contributed by atoms with E-state index in [2.05, 4.69) is 24.3 Å². The fourth-order valence-corrected chi connectivity index (χ4v) is 2.53. The average Bonchev–Trinajstić information content (AvgIpc) is 2.41. The first-order chi connectivity index (χ1) is 8.38. The lowest BCUT2D eigenvalue weighted by atomic mass is 9.87. The lowest BCUT2D eigenvalue weighted by Gasteiger charge is -2.19.